The average molecular weight is 417 g/mol. The number of H-pyrrole nitrogens is 1. The maximum absolute atomic E-state index is 13.0. The summed E-state index contributed by atoms with van der Waals surface area (Å²) in [5, 5.41) is 7.93. The van der Waals surface area contributed by atoms with E-state index in [0.29, 0.717) is 23.3 Å². The van der Waals surface area contributed by atoms with Gasteiger partial charge in [0.25, 0.3) is 5.91 Å². The zero-order valence-electron chi connectivity index (χ0n) is 16.1. The van der Waals surface area contributed by atoms with Gasteiger partial charge >= 0.3 is 6.18 Å². The van der Waals surface area contributed by atoms with Gasteiger partial charge < -0.3 is 16.0 Å². The van der Waals surface area contributed by atoms with Gasteiger partial charge in [-0.15, -0.1) is 0 Å². The molecule has 1 aromatic carbocycles. The van der Waals surface area contributed by atoms with Crippen molar-refractivity contribution in [2.75, 3.05) is 12.3 Å². The number of nitrogen functional groups attached to an aromatic ring is 1. The van der Waals surface area contributed by atoms with Crippen LogP contribution in [0.1, 0.15) is 22.8 Å². The van der Waals surface area contributed by atoms with E-state index in [1.54, 1.807) is 18.2 Å². The summed E-state index contributed by atoms with van der Waals surface area (Å²) in [5.41, 5.74) is 8.55. The molecule has 30 heavy (non-hydrogen) atoms. The highest BCUT2D eigenvalue weighted by atomic mass is 19.4. The van der Waals surface area contributed by atoms with Crippen LogP contribution in [-0.4, -0.2) is 43.4 Å². The van der Waals surface area contributed by atoms with Gasteiger partial charge in [-0.25, -0.2) is 14.6 Å². The molecule has 0 aliphatic rings. The molecule has 0 aliphatic heterocycles. The standard InChI is InChI=1S/C19H18F3N7O/c1-3-24-18(30)10-4-5-11-9(2)14(27-12(11)6-10)15-13-16(23)25-8-26-17(13)29(28-15)7-19(20,21)22/h4-6,8,27H,3,7H2,1-2H3,(H,24,30)(H2,23,25,26). The molecule has 4 rings (SSSR count). The number of halogens is 3. The molecule has 0 radical (unpaired) electrons. The van der Waals surface area contributed by atoms with E-state index in [4.69, 9.17) is 5.73 Å². The molecule has 1 amide bonds. The average Bonchev–Trinajstić information content (AvgIpc) is 3.19. The molecule has 156 valence electrons. The van der Waals surface area contributed by atoms with Crippen LogP contribution in [0.5, 0.6) is 0 Å². The van der Waals surface area contributed by atoms with Crippen molar-refractivity contribution < 1.29 is 18.0 Å². The zero-order valence-corrected chi connectivity index (χ0v) is 16.1. The topological polar surface area (TPSA) is 115 Å². The van der Waals surface area contributed by atoms with Crippen LogP contribution in [0, 0.1) is 6.92 Å². The number of aromatic amines is 1. The van der Waals surface area contributed by atoms with Crippen LogP contribution in [0.25, 0.3) is 33.3 Å². The predicted molar refractivity (Wildman–Crippen MR) is 106 cm³/mol. The highest BCUT2D eigenvalue weighted by Crippen LogP contribution is 2.35. The Labute approximate surface area is 168 Å². The van der Waals surface area contributed by atoms with Crippen molar-refractivity contribution in [3.8, 4) is 11.4 Å². The molecule has 3 aromatic heterocycles. The summed E-state index contributed by atoms with van der Waals surface area (Å²) >= 11 is 0. The first kappa shape index (κ1) is 19.7. The Hall–Kier alpha value is -3.63. The summed E-state index contributed by atoms with van der Waals surface area (Å²) in [6, 6.07) is 5.16. The lowest BCUT2D eigenvalue weighted by Gasteiger charge is -2.06. The third-order valence-electron chi connectivity index (χ3n) is 4.78. The van der Waals surface area contributed by atoms with Gasteiger partial charge in [-0.05, 0) is 31.5 Å². The second kappa shape index (κ2) is 7.01. The molecular weight excluding hydrogens is 399 g/mol. The SMILES string of the molecule is CCNC(=O)c1ccc2c(C)c(-c3nn(CC(F)(F)F)c4ncnc(N)c34)[nH]c2c1. The predicted octanol–water partition coefficient (Wildman–Crippen LogP) is 3.18. The van der Waals surface area contributed by atoms with Gasteiger partial charge in [-0.1, -0.05) is 6.07 Å². The lowest BCUT2D eigenvalue weighted by atomic mass is 10.1. The number of carbonyl (C=O) groups is 1. The van der Waals surface area contributed by atoms with Crippen molar-refractivity contribution in [1.82, 2.24) is 30.0 Å². The Balaban J connectivity index is 1.91. The largest absolute Gasteiger partial charge is 0.408 e. The third-order valence-corrected chi connectivity index (χ3v) is 4.78. The molecule has 0 atom stereocenters. The zero-order chi connectivity index (χ0) is 21.6. The minimum atomic E-state index is -4.48. The number of amides is 1. The Bertz CT molecular complexity index is 1270. The minimum absolute atomic E-state index is 0.00380. The monoisotopic (exact) mass is 417 g/mol. The van der Waals surface area contributed by atoms with Crippen molar-refractivity contribution in [2.45, 2.75) is 26.6 Å². The van der Waals surface area contributed by atoms with E-state index in [1.807, 2.05) is 13.8 Å². The number of nitrogens with one attached hydrogen (secondary N) is 2. The number of aromatic nitrogens is 5. The number of carbonyl (C=O) groups excluding carboxylic acids is 1. The molecule has 4 aromatic rings. The first-order valence-electron chi connectivity index (χ1n) is 9.14. The number of benzene rings is 1. The van der Waals surface area contributed by atoms with E-state index < -0.39 is 12.7 Å². The fourth-order valence-corrected chi connectivity index (χ4v) is 3.46. The number of anilines is 1. The number of hydrogen-bond donors (Lipinski definition) is 3. The van der Waals surface area contributed by atoms with Crippen LogP contribution < -0.4 is 11.1 Å². The summed E-state index contributed by atoms with van der Waals surface area (Å²) in [5.74, 6) is -0.185. The molecular formula is C19H18F3N7O. The van der Waals surface area contributed by atoms with Gasteiger partial charge in [0.05, 0.1) is 11.1 Å². The Kier molecular flexibility index (Phi) is 4.60. The Morgan fingerprint density at radius 1 is 1.30 bits per heavy atom. The third kappa shape index (κ3) is 3.31. The van der Waals surface area contributed by atoms with Crippen LogP contribution in [0.4, 0.5) is 19.0 Å². The normalized spacial score (nSPS) is 12.0. The fraction of sp³-hybridized carbons (Fsp3) is 0.263. The van der Waals surface area contributed by atoms with Gasteiger partial charge in [0.15, 0.2) is 5.65 Å². The van der Waals surface area contributed by atoms with Gasteiger partial charge in [0.2, 0.25) is 0 Å². The van der Waals surface area contributed by atoms with Gasteiger partial charge in [-0.3, -0.25) is 4.79 Å². The summed E-state index contributed by atoms with van der Waals surface area (Å²) in [7, 11) is 0. The van der Waals surface area contributed by atoms with Crippen LogP contribution >= 0.6 is 0 Å². The summed E-state index contributed by atoms with van der Waals surface area (Å²) in [6.07, 6.45) is -3.38. The second-order valence-electron chi connectivity index (χ2n) is 6.82. The van der Waals surface area contributed by atoms with E-state index in [2.05, 4.69) is 25.4 Å². The van der Waals surface area contributed by atoms with Crippen molar-refractivity contribution in [3.05, 3.63) is 35.7 Å². The van der Waals surface area contributed by atoms with Crippen LogP contribution in [0.15, 0.2) is 24.5 Å². The van der Waals surface area contributed by atoms with Gasteiger partial charge in [-0.2, -0.15) is 18.3 Å². The first-order valence-corrected chi connectivity index (χ1v) is 9.14. The van der Waals surface area contributed by atoms with Gasteiger partial charge in [0, 0.05) is 23.0 Å². The second-order valence-corrected chi connectivity index (χ2v) is 6.82. The molecule has 0 spiro atoms. The molecule has 0 unspecified atom stereocenters. The lowest BCUT2D eigenvalue weighted by molar-refractivity contribution is -0.141. The first-order chi connectivity index (χ1) is 14.2. The maximum atomic E-state index is 13.0. The van der Waals surface area contributed by atoms with E-state index >= 15 is 0 Å². The van der Waals surface area contributed by atoms with E-state index in [9.17, 15) is 18.0 Å². The molecule has 0 saturated heterocycles. The Morgan fingerprint density at radius 3 is 2.77 bits per heavy atom. The Morgan fingerprint density at radius 2 is 2.07 bits per heavy atom. The highest BCUT2D eigenvalue weighted by molar-refractivity contribution is 6.03. The lowest BCUT2D eigenvalue weighted by Crippen LogP contribution is -2.22. The number of nitrogens with zero attached hydrogens (tertiary/aromatic N) is 4. The molecule has 0 saturated carbocycles. The maximum Gasteiger partial charge on any atom is 0.408 e. The van der Waals surface area contributed by atoms with Crippen LogP contribution in [0.3, 0.4) is 0 Å². The van der Waals surface area contributed by atoms with E-state index in [-0.39, 0.29) is 28.5 Å². The van der Waals surface area contributed by atoms with Crippen LogP contribution in [0.2, 0.25) is 0 Å². The molecule has 4 N–H and O–H groups in total. The number of aryl methyl sites for hydroxylation is 1. The van der Waals surface area contributed by atoms with Crippen molar-refractivity contribution in [1.29, 1.82) is 0 Å². The van der Waals surface area contributed by atoms with E-state index in [0.717, 1.165) is 22.0 Å². The number of nitrogens with two attached hydrogens (primary N) is 1. The molecule has 3 heterocycles. The summed E-state index contributed by atoms with van der Waals surface area (Å²) in [4.78, 5) is 23.2. The van der Waals surface area contributed by atoms with Crippen molar-refractivity contribution >= 4 is 33.7 Å². The summed E-state index contributed by atoms with van der Waals surface area (Å²) < 4.78 is 39.9. The number of hydrogen-bond acceptors (Lipinski definition) is 5. The molecule has 8 nitrogen and oxygen atoms in total. The van der Waals surface area contributed by atoms with Crippen molar-refractivity contribution in [2.24, 2.45) is 0 Å². The van der Waals surface area contributed by atoms with Crippen LogP contribution in [-0.2, 0) is 6.54 Å². The number of fused-ring (bicyclic) bond motifs is 2. The number of alkyl halides is 3. The quantitative estimate of drug-likeness (QED) is 0.472. The number of rotatable bonds is 4. The summed E-state index contributed by atoms with van der Waals surface area (Å²) in [6.45, 7) is 2.82. The van der Waals surface area contributed by atoms with Gasteiger partial charge in [0.1, 0.15) is 24.4 Å². The van der Waals surface area contributed by atoms with E-state index in [1.165, 1.54) is 0 Å². The smallest absolute Gasteiger partial charge is 0.383 e. The molecule has 0 bridgehead atoms. The molecule has 0 fully saturated rings. The fourth-order valence-electron chi connectivity index (χ4n) is 3.46. The van der Waals surface area contributed by atoms with Crippen molar-refractivity contribution in [3.63, 3.8) is 0 Å². The molecule has 0 aliphatic carbocycles. The minimum Gasteiger partial charge on any atom is -0.383 e. The highest BCUT2D eigenvalue weighted by Gasteiger charge is 2.31. The molecule has 11 heteroatoms.